The molecular weight excluding hydrogens is 438 g/mol. The third-order valence-electron chi connectivity index (χ3n) is 6.99. The maximum absolute atomic E-state index is 13.2. The van der Waals surface area contributed by atoms with Crippen LogP contribution in [0.4, 0.5) is 0 Å². The number of carbonyl (C=O) groups excluding carboxylic acids is 1. The number of rotatable bonds is 5. The van der Waals surface area contributed by atoms with Gasteiger partial charge in [0.2, 0.25) is 0 Å². The summed E-state index contributed by atoms with van der Waals surface area (Å²) in [5.74, 6) is 0.439. The van der Waals surface area contributed by atoms with Crippen LogP contribution in [0.15, 0.2) is 61.2 Å². The first-order chi connectivity index (χ1) is 17.1. The Morgan fingerprint density at radius 2 is 2.09 bits per heavy atom. The molecule has 176 valence electrons. The predicted molar refractivity (Wildman–Crippen MR) is 135 cm³/mol. The van der Waals surface area contributed by atoms with Gasteiger partial charge < -0.3 is 5.32 Å². The van der Waals surface area contributed by atoms with Crippen molar-refractivity contribution in [3.63, 3.8) is 0 Å². The number of aromatic amines is 1. The number of aryl methyl sites for hydroxylation is 1. The van der Waals surface area contributed by atoms with E-state index in [4.69, 9.17) is 0 Å². The van der Waals surface area contributed by atoms with Gasteiger partial charge in [-0.3, -0.25) is 24.5 Å². The molecule has 1 aliphatic carbocycles. The van der Waals surface area contributed by atoms with E-state index in [1.807, 2.05) is 61.9 Å². The van der Waals surface area contributed by atoms with E-state index in [0.29, 0.717) is 11.5 Å². The van der Waals surface area contributed by atoms with Crippen LogP contribution >= 0.6 is 0 Å². The molecule has 1 aliphatic rings. The van der Waals surface area contributed by atoms with Gasteiger partial charge in [0, 0.05) is 58.8 Å². The summed E-state index contributed by atoms with van der Waals surface area (Å²) in [4.78, 5) is 21.7. The lowest BCUT2D eigenvalue weighted by Crippen LogP contribution is -2.39. The highest BCUT2D eigenvalue weighted by Gasteiger charge is 2.25. The third kappa shape index (κ3) is 4.27. The number of aromatic nitrogens is 6. The van der Waals surface area contributed by atoms with Crippen LogP contribution in [0.3, 0.4) is 0 Å². The van der Waals surface area contributed by atoms with Crippen LogP contribution in [-0.4, -0.2) is 41.9 Å². The summed E-state index contributed by atoms with van der Waals surface area (Å²) in [7, 11) is 0. The van der Waals surface area contributed by atoms with Gasteiger partial charge in [0.05, 0.1) is 17.2 Å². The third-order valence-corrected chi connectivity index (χ3v) is 6.99. The minimum atomic E-state index is -0.0359. The predicted octanol–water partition coefficient (Wildman–Crippen LogP) is 4.67. The number of amides is 1. The highest BCUT2D eigenvalue weighted by molar-refractivity contribution is 6.01. The number of carbonyl (C=O) groups is 1. The van der Waals surface area contributed by atoms with Gasteiger partial charge in [0.15, 0.2) is 0 Å². The van der Waals surface area contributed by atoms with Crippen molar-refractivity contribution < 1.29 is 4.79 Å². The zero-order valence-electron chi connectivity index (χ0n) is 19.6. The Morgan fingerprint density at radius 3 is 3.00 bits per heavy atom. The molecule has 4 heterocycles. The summed E-state index contributed by atoms with van der Waals surface area (Å²) in [6, 6.07) is 11.8. The van der Waals surface area contributed by atoms with E-state index in [2.05, 4.69) is 35.3 Å². The number of H-pyrrole nitrogens is 1. The molecule has 0 saturated heterocycles. The fourth-order valence-electron chi connectivity index (χ4n) is 5.24. The molecule has 8 heteroatoms. The minimum absolute atomic E-state index is 0.0359. The zero-order valence-corrected chi connectivity index (χ0v) is 19.6. The molecule has 8 nitrogen and oxygen atoms in total. The lowest BCUT2D eigenvalue weighted by atomic mass is 9.85. The molecule has 5 aromatic rings. The molecule has 0 radical (unpaired) electrons. The average Bonchev–Trinajstić information content (AvgIpc) is 3.48. The first kappa shape index (κ1) is 21.5. The largest absolute Gasteiger partial charge is 0.349 e. The van der Waals surface area contributed by atoms with Crippen molar-refractivity contribution in [3.05, 3.63) is 72.4 Å². The lowest BCUT2D eigenvalue weighted by molar-refractivity contribution is 0.0917. The standard InChI is InChI=1S/C27H27N7O/c1-17-11-19(7-10-29-17)26-23-13-20(5-6-24(23)32-33-26)27(35)31-22-4-2-3-18(12-22)16-34-25-8-9-28-14-21(25)15-30-34/h5-11,13-15,18,22H,2-4,12,16H2,1H3,(H,31,35)(H,32,33). The Kier molecular flexibility index (Phi) is 5.48. The normalized spacial score (nSPS) is 18.2. The van der Waals surface area contributed by atoms with E-state index in [1.54, 1.807) is 6.20 Å². The number of benzene rings is 1. The van der Waals surface area contributed by atoms with Crippen molar-refractivity contribution in [2.45, 2.75) is 45.2 Å². The zero-order chi connectivity index (χ0) is 23.8. The molecule has 2 N–H and O–H groups in total. The van der Waals surface area contributed by atoms with E-state index in [0.717, 1.165) is 71.0 Å². The van der Waals surface area contributed by atoms with Crippen molar-refractivity contribution in [1.82, 2.24) is 35.3 Å². The van der Waals surface area contributed by atoms with Crippen LogP contribution < -0.4 is 5.32 Å². The van der Waals surface area contributed by atoms with Gasteiger partial charge in [-0.15, -0.1) is 0 Å². The second-order valence-electron chi connectivity index (χ2n) is 9.48. The SMILES string of the molecule is Cc1cc(-c2n[nH]c3ccc(C(=O)NC4CCCC(Cn5ncc6cnccc65)C4)cc23)ccn1. The summed E-state index contributed by atoms with van der Waals surface area (Å²) in [5, 5.41) is 17.4. The average molecular weight is 466 g/mol. The number of pyridine rings is 2. The van der Waals surface area contributed by atoms with Gasteiger partial charge in [0.1, 0.15) is 5.69 Å². The molecule has 2 atom stereocenters. The summed E-state index contributed by atoms with van der Waals surface area (Å²) < 4.78 is 2.07. The van der Waals surface area contributed by atoms with Crippen molar-refractivity contribution in [2.24, 2.45) is 5.92 Å². The van der Waals surface area contributed by atoms with Crippen molar-refractivity contribution in [1.29, 1.82) is 0 Å². The molecule has 0 bridgehead atoms. The van der Waals surface area contributed by atoms with E-state index in [9.17, 15) is 4.79 Å². The van der Waals surface area contributed by atoms with Gasteiger partial charge in [-0.1, -0.05) is 6.42 Å². The molecule has 0 aliphatic heterocycles. The van der Waals surface area contributed by atoms with E-state index in [-0.39, 0.29) is 11.9 Å². The topological polar surface area (TPSA) is 101 Å². The van der Waals surface area contributed by atoms with Crippen LogP contribution in [0.5, 0.6) is 0 Å². The summed E-state index contributed by atoms with van der Waals surface area (Å²) >= 11 is 0. The quantitative estimate of drug-likeness (QED) is 0.393. The van der Waals surface area contributed by atoms with E-state index >= 15 is 0 Å². The lowest BCUT2D eigenvalue weighted by Gasteiger charge is -2.30. The monoisotopic (exact) mass is 465 g/mol. The molecular formula is C27H27N7O. The van der Waals surface area contributed by atoms with Crippen LogP contribution in [0, 0.1) is 12.8 Å². The van der Waals surface area contributed by atoms with Crippen LogP contribution in [0.2, 0.25) is 0 Å². The van der Waals surface area contributed by atoms with Crippen molar-refractivity contribution in [3.8, 4) is 11.3 Å². The van der Waals surface area contributed by atoms with Gasteiger partial charge >= 0.3 is 0 Å². The molecule has 1 aromatic carbocycles. The van der Waals surface area contributed by atoms with Crippen LogP contribution in [0.1, 0.15) is 41.7 Å². The smallest absolute Gasteiger partial charge is 0.251 e. The molecule has 6 rings (SSSR count). The number of nitrogens with zero attached hydrogens (tertiary/aromatic N) is 5. The Balaban J connectivity index is 1.17. The van der Waals surface area contributed by atoms with Crippen molar-refractivity contribution in [2.75, 3.05) is 0 Å². The van der Waals surface area contributed by atoms with Crippen LogP contribution in [-0.2, 0) is 6.54 Å². The Bertz CT molecular complexity index is 1520. The second kappa shape index (κ2) is 8.94. The molecule has 1 fully saturated rings. The molecule has 1 amide bonds. The molecule has 0 spiro atoms. The van der Waals surface area contributed by atoms with Crippen LogP contribution in [0.25, 0.3) is 33.1 Å². The summed E-state index contributed by atoms with van der Waals surface area (Å²) in [6.07, 6.45) is 11.5. The first-order valence-corrected chi connectivity index (χ1v) is 12.1. The molecule has 35 heavy (non-hydrogen) atoms. The summed E-state index contributed by atoms with van der Waals surface area (Å²) in [6.45, 7) is 2.82. The maximum atomic E-state index is 13.2. The highest BCUT2D eigenvalue weighted by atomic mass is 16.1. The fraction of sp³-hybridized carbons (Fsp3) is 0.296. The van der Waals surface area contributed by atoms with E-state index < -0.39 is 0 Å². The molecule has 2 unspecified atom stereocenters. The number of nitrogens with one attached hydrogen (secondary N) is 2. The second-order valence-corrected chi connectivity index (χ2v) is 9.48. The minimum Gasteiger partial charge on any atom is -0.349 e. The first-order valence-electron chi connectivity index (χ1n) is 12.1. The van der Waals surface area contributed by atoms with E-state index in [1.165, 1.54) is 0 Å². The van der Waals surface area contributed by atoms with Gasteiger partial charge in [-0.25, -0.2) is 0 Å². The number of hydrogen-bond donors (Lipinski definition) is 2. The molecule has 4 aromatic heterocycles. The Morgan fingerprint density at radius 1 is 1.14 bits per heavy atom. The molecule has 1 saturated carbocycles. The van der Waals surface area contributed by atoms with Crippen molar-refractivity contribution >= 4 is 27.7 Å². The fourth-order valence-corrected chi connectivity index (χ4v) is 5.24. The number of fused-ring (bicyclic) bond motifs is 2. The number of hydrogen-bond acceptors (Lipinski definition) is 5. The Labute approximate surface area is 202 Å². The van der Waals surface area contributed by atoms with Gasteiger partial charge in [-0.2, -0.15) is 10.2 Å². The van der Waals surface area contributed by atoms with Gasteiger partial charge in [-0.05, 0) is 68.5 Å². The summed E-state index contributed by atoms with van der Waals surface area (Å²) in [5.41, 5.74) is 5.42. The Hall–Kier alpha value is -4.07. The highest BCUT2D eigenvalue weighted by Crippen LogP contribution is 2.29. The van der Waals surface area contributed by atoms with Gasteiger partial charge in [0.25, 0.3) is 5.91 Å². The maximum Gasteiger partial charge on any atom is 0.251 e.